The molecule has 1 rings (SSSR count). The second-order valence-electron chi connectivity index (χ2n) is 5.50. The molecule has 0 fully saturated rings. The molecule has 2 N–H and O–H groups in total. The van der Waals surface area contributed by atoms with Crippen LogP contribution in [0.4, 0.5) is 0 Å². The number of carbonyl (C=O) groups is 1. The number of carboxylic acids is 1. The lowest BCUT2D eigenvalue weighted by Gasteiger charge is -2.07. The zero-order valence-corrected chi connectivity index (χ0v) is 11.9. The fourth-order valence-corrected chi connectivity index (χ4v) is 2.14. The number of hydrogen-bond donors (Lipinski definition) is 2. The molecule has 106 valence electrons. The fraction of sp³-hybridized carbons (Fsp3) is 0.562. The molecule has 0 spiro atoms. The number of aromatic carboxylic acids is 1. The molecule has 0 saturated heterocycles. The molecule has 0 atom stereocenters. The summed E-state index contributed by atoms with van der Waals surface area (Å²) in [6.45, 7) is 4.46. The topological polar surface area (TPSA) is 57.5 Å². The van der Waals surface area contributed by atoms with E-state index < -0.39 is 5.97 Å². The zero-order chi connectivity index (χ0) is 14.3. The molecule has 0 unspecified atom stereocenters. The minimum absolute atomic E-state index is 0.201. The van der Waals surface area contributed by atoms with E-state index >= 15 is 0 Å². The van der Waals surface area contributed by atoms with Gasteiger partial charge in [-0.05, 0) is 42.5 Å². The smallest absolute Gasteiger partial charge is 0.335 e. The Bertz CT molecular complexity index is 410. The van der Waals surface area contributed by atoms with E-state index in [2.05, 4.69) is 13.8 Å². The van der Waals surface area contributed by atoms with E-state index in [9.17, 15) is 9.90 Å². The summed E-state index contributed by atoms with van der Waals surface area (Å²) in [5, 5.41) is 18.6. The normalized spacial score (nSPS) is 10.9. The first-order chi connectivity index (χ1) is 9.00. The van der Waals surface area contributed by atoms with Gasteiger partial charge in [0, 0.05) is 0 Å². The number of rotatable bonds is 8. The maximum absolute atomic E-state index is 10.9. The standard InChI is InChI=1S/C16H24O3/c1-12(2)7-5-3-4-6-8-13-11-14(16(18)19)9-10-15(13)17/h9-12,17H,3-8H2,1-2H3,(H,18,19). The summed E-state index contributed by atoms with van der Waals surface area (Å²) in [6, 6.07) is 4.48. The first kappa shape index (κ1) is 15.5. The van der Waals surface area contributed by atoms with Crippen LogP contribution in [0.15, 0.2) is 18.2 Å². The van der Waals surface area contributed by atoms with Crippen molar-refractivity contribution in [3.8, 4) is 5.75 Å². The Balaban J connectivity index is 2.36. The van der Waals surface area contributed by atoms with Gasteiger partial charge >= 0.3 is 5.97 Å². The van der Waals surface area contributed by atoms with Crippen LogP contribution in [0.1, 0.15) is 61.9 Å². The zero-order valence-electron chi connectivity index (χ0n) is 11.9. The van der Waals surface area contributed by atoms with Crippen LogP contribution in [-0.2, 0) is 6.42 Å². The summed E-state index contributed by atoms with van der Waals surface area (Å²) in [4.78, 5) is 10.9. The van der Waals surface area contributed by atoms with Gasteiger partial charge in [0.2, 0.25) is 0 Å². The highest BCUT2D eigenvalue weighted by atomic mass is 16.4. The first-order valence-corrected chi connectivity index (χ1v) is 7.06. The van der Waals surface area contributed by atoms with Gasteiger partial charge < -0.3 is 10.2 Å². The first-order valence-electron chi connectivity index (χ1n) is 7.06. The predicted octanol–water partition coefficient (Wildman–Crippen LogP) is 4.24. The van der Waals surface area contributed by atoms with Crippen molar-refractivity contribution in [1.29, 1.82) is 0 Å². The minimum atomic E-state index is -0.946. The molecule has 0 amide bonds. The van der Waals surface area contributed by atoms with Gasteiger partial charge in [0.1, 0.15) is 5.75 Å². The second-order valence-corrected chi connectivity index (χ2v) is 5.50. The van der Waals surface area contributed by atoms with Crippen molar-refractivity contribution < 1.29 is 15.0 Å². The molecule has 0 saturated carbocycles. The van der Waals surface area contributed by atoms with Crippen LogP contribution in [0, 0.1) is 5.92 Å². The minimum Gasteiger partial charge on any atom is -0.508 e. The van der Waals surface area contributed by atoms with Crippen LogP contribution < -0.4 is 0 Å². The highest BCUT2D eigenvalue weighted by Gasteiger charge is 2.07. The van der Waals surface area contributed by atoms with Crippen molar-refractivity contribution in [3.63, 3.8) is 0 Å². The summed E-state index contributed by atoms with van der Waals surface area (Å²) >= 11 is 0. The molecule has 1 aromatic rings. The van der Waals surface area contributed by atoms with Gasteiger partial charge in [0.25, 0.3) is 0 Å². The molecule has 3 heteroatoms. The van der Waals surface area contributed by atoms with Crippen molar-refractivity contribution in [2.75, 3.05) is 0 Å². The summed E-state index contributed by atoms with van der Waals surface area (Å²) in [5.41, 5.74) is 0.983. The molecule has 3 nitrogen and oxygen atoms in total. The molecular weight excluding hydrogens is 240 g/mol. The van der Waals surface area contributed by atoms with Gasteiger partial charge in [-0.3, -0.25) is 0 Å². The fourth-order valence-electron chi connectivity index (χ4n) is 2.14. The number of phenols is 1. The van der Waals surface area contributed by atoms with Crippen molar-refractivity contribution in [2.24, 2.45) is 5.92 Å². The third-order valence-corrected chi connectivity index (χ3v) is 3.30. The number of aromatic hydroxyl groups is 1. The Morgan fingerprint density at radius 2 is 1.84 bits per heavy atom. The molecule has 0 aliphatic heterocycles. The van der Waals surface area contributed by atoms with E-state index in [1.165, 1.54) is 31.4 Å². The Morgan fingerprint density at radius 3 is 2.47 bits per heavy atom. The third kappa shape index (κ3) is 5.77. The highest BCUT2D eigenvalue weighted by molar-refractivity contribution is 5.88. The second kappa shape index (κ2) is 7.82. The van der Waals surface area contributed by atoms with E-state index in [1.54, 1.807) is 6.07 Å². The lowest BCUT2D eigenvalue weighted by Crippen LogP contribution is -1.98. The average molecular weight is 264 g/mol. The molecule has 0 radical (unpaired) electrons. The van der Waals surface area contributed by atoms with E-state index in [4.69, 9.17) is 5.11 Å². The van der Waals surface area contributed by atoms with Crippen molar-refractivity contribution in [3.05, 3.63) is 29.3 Å². The lowest BCUT2D eigenvalue weighted by molar-refractivity contribution is 0.0696. The molecule has 0 bridgehead atoms. The van der Waals surface area contributed by atoms with Gasteiger partial charge in [-0.1, -0.05) is 39.5 Å². The molecule has 0 aliphatic rings. The number of benzene rings is 1. The van der Waals surface area contributed by atoms with Gasteiger partial charge in [-0.25, -0.2) is 4.79 Å². The van der Waals surface area contributed by atoms with Crippen molar-refractivity contribution in [1.82, 2.24) is 0 Å². The van der Waals surface area contributed by atoms with Gasteiger partial charge in [0.15, 0.2) is 0 Å². The van der Waals surface area contributed by atoms with Crippen LogP contribution in [-0.4, -0.2) is 16.2 Å². The van der Waals surface area contributed by atoms with Crippen LogP contribution in [0.5, 0.6) is 5.75 Å². The van der Waals surface area contributed by atoms with Crippen molar-refractivity contribution >= 4 is 5.97 Å². The molecular formula is C16H24O3. The molecule has 0 aliphatic carbocycles. The Kier molecular flexibility index (Phi) is 6.40. The van der Waals surface area contributed by atoms with E-state index in [0.717, 1.165) is 30.7 Å². The summed E-state index contributed by atoms with van der Waals surface area (Å²) in [5.74, 6) is 0.0154. The van der Waals surface area contributed by atoms with Gasteiger partial charge in [-0.15, -0.1) is 0 Å². The van der Waals surface area contributed by atoms with Gasteiger partial charge in [0.05, 0.1) is 5.56 Å². The largest absolute Gasteiger partial charge is 0.508 e. The maximum Gasteiger partial charge on any atom is 0.335 e. The summed E-state index contributed by atoms with van der Waals surface area (Å²) in [7, 11) is 0. The molecule has 0 aromatic heterocycles. The van der Waals surface area contributed by atoms with E-state index in [-0.39, 0.29) is 11.3 Å². The molecule has 1 aromatic carbocycles. The van der Waals surface area contributed by atoms with Crippen LogP contribution in [0.2, 0.25) is 0 Å². The highest BCUT2D eigenvalue weighted by Crippen LogP contribution is 2.21. The summed E-state index contributed by atoms with van der Waals surface area (Å²) in [6.07, 6.45) is 6.59. The van der Waals surface area contributed by atoms with E-state index in [1.807, 2.05) is 0 Å². The Labute approximate surface area is 115 Å². The third-order valence-electron chi connectivity index (χ3n) is 3.30. The van der Waals surface area contributed by atoms with Crippen LogP contribution >= 0.6 is 0 Å². The quantitative estimate of drug-likeness (QED) is 0.690. The SMILES string of the molecule is CC(C)CCCCCCc1cc(C(=O)O)ccc1O. The maximum atomic E-state index is 10.9. The van der Waals surface area contributed by atoms with E-state index in [0.29, 0.717) is 0 Å². The number of carboxylic acid groups (broad SMARTS) is 1. The van der Waals surface area contributed by atoms with Crippen LogP contribution in [0.25, 0.3) is 0 Å². The number of hydrogen-bond acceptors (Lipinski definition) is 2. The number of unbranched alkanes of at least 4 members (excludes halogenated alkanes) is 3. The number of aryl methyl sites for hydroxylation is 1. The Morgan fingerprint density at radius 1 is 1.16 bits per heavy atom. The van der Waals surface area contributed by atoms with Crippen molar-refractivity contribution in [2.45, 2.75) is 52.4 Å². The van der Waals surface area contributed by atoms with Gasteiger partial charge in [-0.2, -0.15) is 0 Å². The Hall–Kier alpha value is -1.51. The average Bonchev–Trinajstić information content (AvgIpc) is 2.34. The molecule has 19 heavy (non-hydrogen) atoms. The number of phenolic OH excluding ortho intramolecular Hbond substituents is 1. The summed E-state index contributed by atoms with van der Waals surface area (Å²) < 4.78 is 0. The molecule has 0 heterocycles. The van der Waals surface area contributed by atoms with Crippen LogP contribution in [0.3, 0.4) is 0 Å². The predicted molar refractivity (Wildman–Crippen MR) is 76.7 cm³/mol. The lowest BCUT2D eigenvalue weighted by atomic mass is 10.0. The monoisotopic (exact) mass is 264 g/mol.